The number of nitrogens with zero attached hydrogens (tertiary/aromatic N) is 1. The zero-order chi connectivity index (χ0) is 15.0. The third-order valence-electron chi connectivity index (χ3n) is 6.51. The molecule has 5 rings (SSSR count). The van der Waals surface area contributed by atoms with Crippen LogP contribution in [0.15, 0.2) is 18.2 Å². The summed E-state index contributed by atoms with van der Waals surface area (Å²) in [5.74, 6) is 3.56. The fraction of sp³-hybridized carbons (Fsp3) is 0.579. The molecule has 2 aromatic rings. The van der Waals surface area contributed by atoms with Gasteiger partial charge in [0.15, 0.2) is 0 Å². The third-order valence-corrected chi connectivity index (χ3v) is 6.51. The predicted molar refractivity (Wildman–Crippen MR) is 88.2 cm³/mol. The van der Waals surface area contributed by atoms with Gasteiger partial charge in [-0.2, -0.15) is 0 Å². The molecule has 1 aromatic carbocycles. The molecule has 4 atom stereocenters. The molecule has 3 aliphatic rings. The van der Waals surface area contributed by atoms with Gasteiger partial charge < -0.3 is 10.1 Å². The Bertz CT molecular complexity index is 747. The summed E-state index contributed by atoms with van der Waals surface area (Å²) >= 11 is 0. The van der Waals surface area contributed by atoms with Crippen LogP contribution in [0.1, 0.15) is 37.4 Å². The Labute approximate surface area is 131 Å². The van der Waals surface area contributed by atoms with E-state index in [2.05, 4.69) is 23.7 Å². The van der Waals surface area contributed by atoms with Crippen LogP contribution in [0.4, 0.5) is 0 Å². The number of phenols is 1. The van der Waals surface area contributed by atoms with Crippen LogP contribution in [0, 0.1) is 17.8 Å². The van der Waals surface area contributed by atoms with Crippen molar-refractivity contribution >= 4 is 10.9 Å². The predicted octanol–water partition coefficient (Wildman–Crippen LogP) is 3.49. The van der Waals surface area contributed by atoms with Crippen molar-refractivity contribution < 1.29 is 5.11 Å². The van der Waals surface area contributed by atoms with Crippen molar-refractivity contribution in [2.75, 3.05) is 13.1 Å². The SMILES string of the molecule is CC(C)C1[C@@H]2C[C@H]3c4[nH]c5ccc(O)cc5c4CCN(C2)[C@@H]13. The third kappa shape index (κ3) is 1.55. The Morgan fingerprint density at radius 2 is 2.18 bits per heavy atom. The molecule has 0 amide bonds. The molecule has 2 N–H and O–H groups in total. The van der Waals surface area contributed by atoms with E-state index in [0.29, 0.717) is 11.7 Å². The number of nitrogens with one attached hydrogen (secondary N) is 1. The molecule has 1 aromatic heterocycles. The van der Waals surface area contributed by atoms with Gasteiger partial charge in [-0.05, 0) is 54.4 Å². The maximum Gasteiger partial charge on any atom is 0.116 e. The smallest absolute Gasteiger partial charge is 0.116 e. The van der Waals surface area contributed by atoms with Crippen LogP contribution in [0.2, 0.25) is 0 Å². The number of fused-ring (bicyclic) bond motifs is 5. The molecule has 1 unspecified atom stereocenters. The molecule has 2 bridgehead atoms. The molecule has 1 saturated carbocycles. The molecule has 1 saturated heterocycles. The van der Waals surface area contributed by atoms with Crippen LogP contribution in [0.5, 0.6) is 5.75 Å². The maximum atomic E-state index is 9.86. The van der Waals surface area contributed by atoms with E-state index in [1.807, 2.05) is 12.1 Å². The zero-order valence-electron chi connectivity index (χ0n) is 13.3. The fourth-order valence-electron chi connectivity index (χ4n) is 5.85. The van der Waals surface area contributed by atoms with Gasteiger partial charge in [-0.15, -0.1) is 0 Å². The highest BCUT2D eigenvalue weighted by atomic mass is 16.3. The molecule has 3 heteroatoms. The summed E-state index contributed by atoms with van der Waals surface area (Å²) in [5, 5.41) is 11.1. The van der Waals surface area contributed by atoms with Gasteiger partial charge >= 0.3 is 0 Å². The Hall–Kier alpha value is -1.48. The minimum atomic E-state index is 0.381. The second-order valence-electron chi connectivity index (χ2n) is 7.91. The summed E-state index contributed by atoms with van der Waals surface area (Å²) in [6.45, 7) is 7.28. The number of phenolic OH excluding ortho intramolecular Hbond substituents is 1. The monoisotopic (exact) mass is 296 g/mol. The highest BCUT2D eigenvalue weighted by Gasteiger charge is 2.55. The molecule has 0 spiro atoms. The number of hydrogen-bond donors (Lipinski definition) is 2. The minimum absolute atomic E-state index is 0.381. The Morgan fingerprint density at radius 3 is 2.95 bits per heavy atom. The Kier molecular flexibility index (Phi) is 2.53. The van der Waals surface area contributed by atoms with Crippen LogP contribution in [-0.2, 0) is 6.42 Å². The first kappa shape index (κ1) is 13.0. The molecule has 2 fully saturated rings. The van der Waals surface area contributed by atoms with Gasteiger partial charge in [-0.3, -0.25) is 4.90 Å². The number of aromatic amines is 1. The Morgan fingerprint density at radius 1 is 1.32 bits per heavy atom. The van der Waals surface area contributed by atoms with Gasteiger partial charge in [-0.25, -0.2) is 0 Å². The van der Waals surface area contributed by atoms with E-state index in [9.17, 15) is 5.11 Å². The molecule has 116 valence electrons. The first-order valence-electron chi connectivity index (χ1n) is 8.71. The van der Waals surface area contributed by atoms with E-state index in [1.54, 1.807) is 6.07 Å². The second-order valence-corrected chi connectivity index (χ2v) is 7.91. The normalized spacial score (nSPS) is 33.6. The van der Waals surface area contributed by atoms with E-state index < -0.39 is 0 Å². The lowest BCUT2D eigenvalue weighted by atomic mass is 9.86. The molecular weight excluding hydrogens is 272 g/mol. The van der Waals surface area contributed by atoms with Crippen molar-refractivity contribution in [2.45, 2.75) is 38.6 Å². The molecule has 3 heterocycles. The summed E-state index contributed by atoms with van der Waals surface area (Å²) in [6.07, 6.45) is 2.46. The van der Waals surface area contributed by atoms with Gasteiger partial charge in [0, 0.05) is 41.6 Å². The molecule has 0 radical (unpaired) electrons. The first-order valence-corrected chi connectivity index (χ1v) is 8.71. The zero-order valence-corrected chi connectivity index (χ0v) is 13.3. The number of benzene rings is 1. The van der Waals surface area contributed by atoms with E-state index >= 15 is 0 Å². The van der Waals surface area contributed by atoms with Gasteiger partial charge in [0.05, 0.1) is 0 Å². The summed E-state index contributed by atoms with van der Waals surface area (Å²) in [5.41, 5.74) is 4.13. The standard InChI is InChI=1S/C19H24N2O/c1-10(2)17-11-7-15-18-13(5-6-21(9-11)19(15)17)14-8-12(22)3-4-16(14)20-18/h3-4,8,10-11,15,17,19-20,22H,5-7,9H2,1-2H3/t11-,15+,17?,19-/m1/s1. The van der Waals surface area contributed by atoms with Crippen LogP contribution >= 0.6 is 0 Å². The average molecular weight is 296 g/mol. The maximum absolute atomic E-state index is 9.86. The van der Waals surface area contributed by atoms with E-state index in [1.165, 1.54) is 41.7 Å². The van der Waals surface area contributed by atoms with E-state index in [0.717, 1.165) is 30.2 Å². The van der Waals surface area contributed by atoms with Gasteiger partial charge in [0.25, 0.3) is 0 Å². The van der Waals surface area contributed by atoms with E-state index in [4.69, 9.17) is 0 Å². The summed E-state index contributed by atoms with van der Waals surface area (Å²) in [6, 6.07) is 6.50. The molecule has 1 aliphatic carbocycles. The highest BCUT2D eigenvalue weighted by molar-refractivity contribution is 5.86. The molecular formula is C19H24N2O. The summed E-state index contributed by atoms with van der Waals surface area (Å²) < 4.78 is 0. The Balaban J connectivity index is 1.67. The van der Waals surface area contributed by atoms with Gasteiger partial charge in [0.1, 0.15) is 5.75 Å². The minimum Gasteiger partial charge on any atom is -0.508 e. The van der Waals surface area contributed by atoms with Crippen molar-refractivity contribution in [3.05, 3.63) is 29.5 Å². The highest BCUT2D eigenvalue weighted by Crippen LogP contribution is 2.55. The van der Waals surface area contributed by atoms with Crippen molar-refractivity contribution in [3.8, 4) is 5.75 Å². The molecule has 2 aliphatic heterocycles. The number of aromatic hydroxyl groups is 1. The quantitative estimate of drug-likeness (QED) is 0.845. The number of rotatable bonds is 1. The van der Waals surface area contributed by atoms with Gasteiger partial charge in [0.2, 0.25) is 0 Å². The van der Waals surface area contributed by atoms with Crippen LogP contribution in [0.3, 0.4) is 0 Å². The van der Waals surface area contributed by atoms with Crippen molar-refractivity contribution in [3.63, 3.8) is 0 Å². The number of aromatic nitrogens is 1. The van der Waals surface area contributed by atoms with Crippen LogP contribution < -0.4 is 0 Å². The fourth-order valence-corrected chi connectivity index (χ4v) is 5.85. The molecule has 3 nitrogen and oxygen atoms in total. The second kappa shape index (κ2) is 4.29. The van der Waals surface area contributed by atoms with Gasteiger partial charge in [-0.1, -0.05) is 13.8 Å². The molecule has 22 heavy (non-hydrogen) atoms. The largest absolute Gasteiger partial charge is 0.508 e. The number of H-pyrrole nitrogens is 1. The van der Waals surface area contributed by atoms with Crippen molar-refractivity contribution in [1.82, 2.24) is 9.88 Å². The number of piperidine rings is 1. The topological polar surface area (TPSA) is 39.3 Å². The lowest BCUT2D eigenvalue weighted by molar-refractivity contribution is 0.185. The lowest BCUT2D eigenvalue weighted by Crippen LogP contribution is -2.38. The summed E-state index contributed by atoms with van der Waals surface area (Å²) in [4.78, 5) is 6.47. The van der Waals surface area contributed by atoms with Crippen LogP contribution in [0.25, 0.3) is 10.9 Å². The first-order chi connectivity index (χ1) is 10.6. The average Bonchev–Trinajstić information content (AvgIpc) is 3.11. The van der Waals surface area contributed by atoms with Crippen molar-refractivity contribution in [2.24, 2.45) is 17.8 Å². The van der Waals surface area contributed by atoms with E-state index in [-0.39, 0.29) is 0 Å². The summed E-state index contributed by atoms with van der Waals surface area (Å²) in [7, 11) is 0. The lowest BCUT2D eigenvalue weighted by Gasteiger charge is -2.31. The van der Waals surface area contributed by atoms with Crippen molar-refractivity contribution in [1.29, 1.82) is 0 Å². The number of hydrogen-bond acceptors (Lipinski definition) is 2. The van der Waals surface area contributed by atoms with Crippen LogP contribution in [-0.4, -0.2) is 34.1 Å².